The molecule has 12 heteroatoms. The van der Waals surface area contributed by atoms with E-state index in [-0.39, 0.29) is 109 Å². The Kier molecular flexibility index (Phi) is 12.4. The molecule has 4 heterocycles. The molecular weight excluding hydrogens is 682 g/mol. The van der Waals surface area contributed by atoms with E-state index in [1.807, 2.05) is 13.8 Å². The lowest BCUT2D eigenvalue weighted by Gasteiger charge is -2.44. The van der Waals surface area contributed by atoms with Gasteiger partial charge in [0.1, 0.15) is 24.4 Å². The molecule has 300 valence electrons. The number of carbonyl (C=O) groups is 2. The lowest BCUT2D eigenvalue weighted by molar-refractivity contribution is -0.314. The minimum absolute atomic E-state index is 0.0105. The van der Waals surface area contributed by atoms with Crippen molar-refractivity contribution in [2.75, 3.05) is 35.4 Å². The summed E-state index contributed by atoms with van der Waals surface area (Å²) in [5.74, 6) is -0.0628. The summed E-state index contributed by atoms with van der Waals surface area (Å²) in [7, 11) is 9.15. The van der Waals surface area contributed by atoms with Crippen molar-refractivity contribution >= 4 is 11.8 Å². The minimum Gasteiger partial charge on any atom is -0.462 e. The number of hydrogen-bond acceptors (Lipinski definition) is 12. The summed E-state index contributed by atoms with van der Waals surface area (Å²) >= 11 is 0. The van der Waals surface area contributed by atoms with Gasteiger partial charge in [-0.05, 0) is 103 Å². The second kappa shape index (κ2) is 16.5. The first-order valence-corrected chi connectivity index (χ1v) is 20.4. The second-order valence-electron chi connectivity index (χ2n) is 17.2. The summed E-state index contributed by atoms with van der Waals surface area (Å²) in [6, 6.07) is 0.335. The van der Waals surface area contributed by atoms with Gasteiger partial charge in [-0.2, -0.15) is 0 Å². The summed E-state index contributed by atoms with van der Waals surface area (Å²) < 4.78 is 56.2. The van der Waals surface area contributed by atoms with Gasteiger partial charge < -0.3 is 47.5 Å². The van der Waals surface area contributed by atoms with Crippen LogP contribution in [0.2, 0.25) is 0 Å². The number of ketones is 1. The Bertz CT molecular complexity index is 1330. The van der Waals surface area contributed by atoms with Crippen LogP contribution in [-0.4, -0.2) is 132 Å². The van der Waals surface area contributed by atoms with E-state index < -0.39 is 12.4 Å². The fraction of sp³-hybridized carbons (Fsp3) is 0.902. The number of cyclic esters (lactones) is 1. The molecule has 12 nitrogen and oxygen atoms in total. The first-order valence-electron chi connectivity index (χ1n) is 20.4. The molecule has 0 aromatic carbocycles. The molecule has 7 aliphatic rings. The fourth-order valence-corrected chi connectivity index (χ4v) is 11.3. The number of carbonyl (C=O) groups excluding carboxylic acids is 2. The first-order chi connectivity index (χ1) is 25.5. The third-order valence-electron chi connectivity index (χ3n) is 14.0. The van der Waals surface area contributed by atoms with Gasteiger partial charge in [-0.1, -0.05) is 19.9 Å². The number of esters is 1. The maximum absolute atomic E-state index is 14.8. The molecule has 4 saturated heterocycles. The van der Waals surface area contributed by atoms with Gasteiger partial charge in [-0.3, -0.25) is 9.59 Å². The SMILES string of the molecule is CC[C@H]1CCC[C@H](O[C@H]2CC[C@H](N(C)C)[C@@H](C)O2)[C@@H](C)C(=O)C2=C[C@H]3[C@@H]4C[C@H](O[C@@H]5O[C@@H](C)[C@H](OC)[C@@H](OC)[C@H]5OC)C[C@H]4C4OC4[C@H]3[C@@H]2CC(=O)O1. The maximum atomic E-state index is 14.8. The molecule has 0 aromatic heterocycles. The van der Waals surface area contributed by atoms with E-state index in [9.17, 15) is 9.59 Å². The van der Waals surface area contributed by atoms with E-state index in [0.29, 0.717) is 18.4 Å². The Balaban J connectivity index is 1.11. The van der Waals surface area contributed by atoms with E-state index in [1.165, 1.54) is 0 Å². The lowest BCUT2D eigenvalue weighted by Crippen LogP contribution is -2.59. The minimum atomic E-state index is -0.606. The van der Waals surface area contributed by atoms with Crippen LogP contribution in [0.4, 0.5) is 0 Å². The van der Waals surface area contributed by atoms with Gasteiger partial charge in [0.2, 0.25) is 0 Å². The van der Waals surface area contributed by atoms with Gasteiger partial charge in [0.25, 0.3) is 0 Å². The number of Topliss-reactive ketones (excluding diaryl/α,β-unsaturated/α-hetero) is 1. The molecule has 2 saturated carbocycles. The predicted molar refractivity (Wildman–Crippen MR) is 194 cm³/mol. The van der Waals surface area contributed by atoms with E-state index in [4.69, 9.17) is 42.6 Å². The molecule has 0 spiro atoms. The third kappa shape index (κ3) is 7.80. The molecule has 19 atom stereocenters. The average Bonchev–Trinajstić information content (AvgIpc) is 3.67. The van der Waals surface area contributed by atoms with Crippen LogP contribution in [0, 0.1) is 35.5 Å². The maximum Gasteiger partial charge on any atom is 0.306 e. The van der Waals surface area contributed by atoms with Crippen molar-refractivity contribution in [1.82, 2.24) is 4.90 Å². The third-order valence-corrected chi connectivity index (χ3v) is 14.0. The second-order valence-corrected chi connectivity index (χ2v) is 17.2. The Morgan fingerprint density at radius 1 is 0.811 bits per heavy atom. The van der Waals surface area contributed by atoms with Crippen molar-refractivity contribution in [2.45, 2.75) is 165 Å². The zero-order chi connectivity index (χ0) is 37.7. The molecule has 0 bridgehead atoms. The van der Waals surface area contributed by atoms with Gasteiger partial charge in [-0.15, -0.1) is 0 Å². The zero-order valence-electron chi connectivity index (χ0n) is 33.3. The molecule has 6 fully saturated rings. The van der Waals surface area contributed by atoms with Crippen LogP contribution in [0.1, 0.15) is 85.5 Å². The number of allylic oxidation sites excluding steroid dienone is 2. The quantitative estimate of drug-likeness (QED) is 0.240. The largest absolute Gasteiger partial charge is 0.462 e. The number of hydrogen-bond donors (Lipinski definition) is 0. The van der Waals surface area contributed by atoms with Gasteiger partial charge in [0, 0.05) is 45.1 Å². The Labute approximate surface area is 316 Å². The summed E-state index contributed by atoms with van der Waals surface area (Å²) in [6.07, 6.45) is 6.20. The molecule has 0 radical (unpaired) electrons. The van der Waals surface area contributed by atoms with Crippen LogP contribution in [-0.2, 0) is 52.2 Å². The van der Waals surface area contributed by atoms with Crippen LogP contribution in [0.25, 0.3) is 0 Å². The van der Waals surface area contributed by atoms with Gasteiger partial charge in [0.15, 0.2) is 18.4 Å². The Hall–Kier alpha value is -1.48. The summed E-state index contributed by atoms with van der Waals surface area (Å²) in [4.78, 5) is 30.6. The van der Waals surface area contributed by atoms with Crippen LogP contribution >= 0.6 is 0 Å². The summed E-state index contributed by atoms with van der Waals surface area (Å²) in [5, 5.41) is 0. The monoisotopic (exact) mass is 747 g/mol. The van der Waals surface area contributed by atoms with Crippen LogP contribution in [0.15, 0.2) is 11.6 Å². The standard InChI is InChI=1S/C41H65NO11/c1-10-23-12-11-13-31(52-33-15-14-30(42(5)6)21(3)48-33)20(2)35(44)28-18-26-25-16-24(51-41-40(47-9)39(46-8)36(45-7)22(4)49-41)17-29(25)37-38(53-37)34(26)27(28)19-32(43)50-23/h18,20-27,29-31,33-34,36-41H,10-17,19H2,1-9H3/t20-,21-,22+,23+,24+,25+,26+,27-,29-,30+,31+,33+,34-,36+,37?,38?,39-,40-,41+/m1/s1. The summed E-state index contributed by atoms with van der Waals surface area (Å²) in [5.41, 5.74) is 0.758. The normalized spacial score (nSPS) is 48.8. The number of epoxide rings is 1. The first kappa shape index (κ1) is 39.7. The highest BCUT2D eigenvalue weighted by Crippen LogP contribution is 2.63. The molecule has 0 N–H and O–H groups in total. The zero-order valence-corrected chi connectivity index (χ0v) is 33.3. The van der Waals surface area contributed by atoms with Crippen molar-refractivity contribution in [2.24, 2.45) is 35.5 Å². The van der Waals surface area contributed by atoms with Crippen molar-refractivity contribution in [1.29, 1.82) is 0 Å². The van der Waals surface area contributed by atoms with Crippen LogP contribution < -0.4 is 0 Å². The van der Waals surface area contributed by atoms with E-state index in [2.05, 4.69) is 38.9 Å². The predicted octanol–water partition coefficient (Wildman–Crippen LogP) is 4.70. The topological polar surface area (TPSA) is 124 Å². The molecule has 3 aliphatic carbocycles. The van der Waals surface area contributed by atoms with Crippen LogP contribution in [0.3, 0.4) is 0 Å². The van der Waals surface area contributed by atoms with Gasteiger partial charge in [-0.25, -0.2) is 0 Å². The van der Waals surface area contributed by atoms with E-state index in [0.717, 1.165) is 50.5 Å². The van der Waals surface area contributed by atoms with Crippen LogP contribution in [0.5, 0.6) is 0 Å². The fourth-order valence-electron chi connectivity index (χ4n) is 11.3. The molecule has 53 heavy (non-hydrogen) atoms. The Morgan fingerprint density at radius 2 is 1.55 bits per heavy atom. The highest BCUT2D eigenvalue weighted by molar-refractivity contribution is 5.99. The number of nitrogens with zero attached hydrogens (tertiary/aromatic N) is 1. The average molecular weight is 748 g/mol. The van der Waals surface area contributed by atoms with Gasteiger partial charge in [0.05, 0.1) is 43.0 Å². The number of likely N-dealkylation sites (N-methyl/N-ethyl adjacent to an activating group) is 1. The molecular formula is C41H65NO11. The number of rotatable bonds is 9. The van der Waals surface area contributed by atoms with Crippen molar-refractivity contribution in [3.05, 3.63) is 11.6 Å². The number of fused-ring (bicyclic) bond motifs is 8. The molecule has 0 amide bonds. The lowest BCUT2D eigenvalue weighted by atomic mass is 9.66. The number of ether oxygens (including phenoxy) is 9. The van der Waals surface area contributed by atoms with E-state index in [1.54, 1.807) is 21.3 Å². The van der Waals surface area contributed by atoms with Crippen molar-refractivity contribution in [3.8, 4) is 0 Å². The molecule has 2 unspecified atom stereocenters. The number of methoxy groups -OCH3 is 3. The smallest absolute Gasteiger partial charge is 0.306 e. The highest BCUT2D eigenvalue weighted by atomic mass is 16.7. The molecule has 0 aromatic rings. The summed E-state index contributed by atoms with van der Waals surface area (Å²) in [6.45, 7) is 8.17. The highest BCUT2D eigenvalue weighted by Gasteiger charge is 2.66. The van der Waals surface area contributed by atoms with E-state index >= 15 is 0 Å². The van der Waals surface area contributed by atoms with Crippen molar-refractivity contribution in [3.63, 3.8) is 0 Å². The molecule has 7 rings (SSSR count). The van der Waals surface area contributed by atoms with Crippen molar-refractivity contribution < 1.29 is 52.2 Å². The Morgan fingerprint density at radius 3 is 2.23 bits per heavy atom. The molecule has 4 aliphatic heterocycles. The van der Waals surface area contributed by atoms with Gasteiger partial charge >= 0.3 is 5.97 Å².